The Hall–Kier alpha value is -3.47. The summed E-state index contributed by atoms with van der Waals surface area (Å²) in [7, 11) is 2.90. The molecule has 27 heavy (non-hydrogen) atoms. The van der Waals surface area contributed by atoms with Crippen LogP contribution in [-0.4, -0.2) is 20.1 Å². The van der Waals surface area contributed by atoms with Crippen LogP contribution in [0.25, 0.3) is 6.08 Å². The van der Waals surface area contributed by atoms with E-state index in [1.807, 2.05) is 0 Å². The molecule has 0 radical (unpaired) electrons. The Morgan fingerprint density at radius 1 is 1.11 bits per heavy atom. The van der Waals surface area contributed by atoms with Crippen LogP contribution in [-0.2, 0) is 11.0 Å². The summed E-state index contributed by atoms with van der Waals surface area (Å²) in [6, 6.07) is 10.7. The molecule has 0 fully saturated rings. The predicted octanol–water partition coefficient (Wildman–Crippen LogP) is 4.27. The van der Waals surface area contributed by atoms with Gasteiger partial charge in [0, 0.05) is 11.8 Å². The lowest BCUT2D eigenvalue weighted by Crippen LogP contribution is -2.14. The van der Waals surface area contributed by atoms with Crippen molar-refractivity contribution in [3.8, 4) is 17.6 Å². The van der Waals surface area contributed by atoms with Crippen LogP contribution in [0.4, 0.5) is 18.9 Å². The lowest BCUT2D eigenvalue weighted by molar-refractivity contribution is -0.137. The molecule has 0 saturated carbocycles. The van der Waals surface area contributed by atoms with Gasteiger partial charge in [0.25, 0.3) is 5.91 Å². The number of amides is 1. The topological polar surface area (TPSA) is 71.3 Å². The number of halogens is 3. The number of ether oxygens (including phenoxy) is 2. The highest BCUT2D eigenvalue weighted by Gasteiger charge is 2.30. The number of rotatable bonds is 5. The van der Waals surface area contributed by atoms with Gasteiger partial charge in [0.2, 0.25) is 0 Å². The number of anilines is 1. The Bertz CT molecular complexity index is 893. The van der Waals surface area contributed by atoms with E-state index in [2.05, 4.69) is 5.32 Å². The van der Waals surface area contributed by atoms with E-state index < -0.39 is 17.6 Å². The van der Waals surface area contributed by atoms with Gasteiger partial charge in [-0.1, -0.05) is 6.07 Å². The number of benzene rings is 2. The molecule has 2 aromatic rings. The molecule has 8 heteroatoms. The van der Waals surface area contributed by atoms with E-state index in [-0.39, 0.29) is 11.3 Å². The zero-order chi connectivity index (χ0) is 20.0. The number of carbonyl (C=O) groups excluding carboxylic acids is 1. The Balaban J connectivity index is 2.29. The molecule has 0 heterocycles. The summed E-state index contributed by atoms with van der Waals surface area (Å²) in [6.45, 7) is 0. The quantitative estimate of drug-likeness (QED) is 0.625. The van der Waals surface area contributed by atoms with Gasteiger partial charge in [-0.25, -0.2) is 0 Å². The first-order valence-corrected chi connectivity index (χ1v) is 7.60. The van der Waals surface area contributed by atoms with Gasteiger partial charge in [-0.15, -0.1) is 0 Å². The highest BCUT2D eigenvalue weighted by atomic mass is 19.4. The van der Waals surface area contributed by atoms with Crippen LogP contribution in [0.2, 0.25) is 0 Å². The molecule has 0 atom stereocenters. The van der Waals surface area contributed by atoms with Crippen molar-refractivity contribution in [2.45, 2.75) is 6.18 Å². The second kappa shape index (κ2) is 8.27. The van der Waals surface area contributed by atoms with Gasteiger partial charge < -0.3 is 14.8 Å². The standard InChI is InChI=1S/C19H15F3N2O3/c1-26-16-7-12(8-17(10-16)27-2)6-13(11-23)18(25)24-15-5-3-4-14(9-15)19(20,21)22/h3-10H,1-2H3,(H,24,25). The maximum absolute atomic E-state index is 12.8. The number of hydrogen-bond acceptors (Lipinski definition) is 4. The largest absolute Gasteiger partial charge is 0.497 e. The number of hydrogen-bond donors (Lipinski definition) is 1. The normalized spacial score (nSPS) is 11.5. The molecule has 2 aromatic carbocycles. The number of nitriles is 1. The van der Waals surface area contributed by atoms with E-state index in [4.69, 9.17) is 9.47 Å². The lowest BCUT2D eigenvalue weighted by atomic mass is 10.1. The molecule has 1 N–H and O–H groups in total. The zero-order valence-electron chi connectivity index (χ0n) is 14.4. The van der Waals surface area contributed by atoms with Crippen molar-refractivity contribution < 1.29 is 27.4 Å². The zero-order valence-corrected chi connectivity index (χ0v) is 14.4. The Kier molecular flexibility index (Phi) is 6.08. The summed E-state index contributed by atoms with van der Waals surface area (Å²) < 4.78 is 48.5. The second-order valence-electron chi connectivity index (χ2n) is 5.35. The molecule has 1 amide bonds. The summed E-state index contributed by atoms with van der Waals surface area (Å²) in [5.74, 6) is 0.0750. The van der Waals surface area contributed by atoms with Crippen molar-refractivity contribution in [1.82, 2.24) is 0 Å². The molecule has 0 spiro atoms. The first kappa shape index (κ1) is 19.8. The van der Waals surface area contributed by atoms with E-state index in [1.54, 1.807) is 24.3 Å². The summed E-state index contributed by atoms with van der Waals surface area (Å²) in [5, 5.41) is 11.5. The summed E-state index contributed by atoms with van der Waals surface area (Å²) >= 11 is 0. The number of nitrogens with zero attached hydrogens (tertiary/aromatic N) is 1. The predicted molar refractivity (Wildman–Crippen MR) is 93.2 cm³/mol. The fraction of sp³-hybridized carbons (Fsp3) is 0.158. The van der Waals surface area contributed by atoms with E-state index in [0.29, 0.717) is 17.1 Å². The average molecular weight is 376 g/mol. The molecule has 0 bridgehead atoms. The van der Waals surface area contributed by atoms with Crippen LogP contribution in [0, 0.1) is 11.3 Å². The van der Waals surface area contributed by atoms with Gasteiger partial charge >= 0.3 is 6.18 Å². The van der Waals surface area contributed by atoms with Crippen molar-refractivity contribution in [3.63, 3.8) is 0 Å². The van der Waals surface area contributed by atoms with Crippen molar-refractivity contribution in [3.05, 3.63) is 59.2 Å². The number of methoxy groups -OCH3 is 2. The summed E-state index contributed by atoms with van der Waals surface area (Å²) in [5.41, 5.74) is -0.802. The van der Waals surface area contributed by atoms with Crippen LogP contribution in [0.1, 0.15) is 11.1 Å². The van der Waals surface area contributed by atoms with Crippen LogP contribution in [0.15, 0.2) is 48.0 Å². The SMILES string of the molecule is COc1cc(C=C(C#N)C(=O)Nc2cccc(C(F)(F)F)c2)cc(OC)c1. The minimum atomic E-state index is -4.54. The summed E-state index contributed by atoms with van der Waals surface area (Å²) in [6.07, 6.45) is -3.25. The van der Waals surface area contributed by atoms with Gasteiger partial charge in [0.1, 0.15) is 23.1 Å². The monoisotopic (exact) mass is 376 g/mol. The maximum atomic E-state index is 12.8. The van der Waals surface area contributed by atoms with Gasteiger partial charge in [0.15, 0.2) is 0 Å². The van der Waals surface area contributed by atoms with Crippen LogP contribution in [0.3, 0.4) is 0 Å². The number of alkyl halides is 3. The fourth-order valence-electron chi connectivity index (χ4n) is 2.20. The molecule has 5 nitrogen and oxygen atoms in total. The average Bonchev–Trinajstić information content (AvgIpc) is 2.65. The Morgan fingerprint density at radius 2 is 1.74 bits per heavy atom. The van der Waals surface area contributed by atoms with Gasteiger partial charge in [0.05, 0.1) is 19.8 Å². The molecule has 140 valence electrons. The molecule has 0 aliphatic rings. The van der Waals surface area contributed by atoms with E-state index in [0.717, 1.165) is 12.1 Å². The van der Waals surface area contributed by atoms with Crippen molar-refractivity contribution in [2.75, 3.05) is 19.5 Å². The lowest BCUT2D eigenvalue weighted by Gasteiger charge is -2.10. The molecular formula is C19H15F3N2O3. The number of nitrogens with one attached hydrogen (secondary N) is 1. The third-order valence-corrected chi connectivity index (χ3v) is 3.50. The number of carbonyl (C=O) groups is 1. The van der Waals surface area contributed by atoms with Crippen LogP contribution in [0.5, 0.6) is 11.5 Å². The van der Waals surface area contributed by atoms with E-state index >= 15 is 0 Å². The first-order chi connectivity index (χ1) is 12.8. The van der Waals surface area contributed by atoms with Gasteiger partial charge in [-0.2, -0.15) is 18.4 Å². The first-order valence-electron chi connectivity index (χ1n) is 7.60. The van der Waals surface area contributed by atoms with Gasteiger partial charge in [-0.05, 0) is 42.0 Å². The third-order valence-electron chi connectivity index (χ3n) is 3.50. The van der Waals surface area contributed by atoms with Crippen molar-refractivity contribution >= 4 is 17.7 Å². The molecule has 0 aliphatic heterocycles. The minimum Gasteiger partial charge on any atom is -0.497 e. The smallest absolute Gasteiger partial charge is 0.416 e. The highest BCUT2D eigenvalue weighted by Crippen LogP contribution is 2.31. The molecule has 0 aliphatic carbocycles. The molecule has 2 rings (SSSR count). The van der Waals surface area contributed by atoms with Crippen LogP contribution >= 0.6 is 0 Å². The Morgan fingerprint density at radius 3 is 2.26 bits per heavy atom. The van der Waals surface area contributed by atoms with Crippen molar-refractivity contribution in [1.29, 1.82) is 5.26 Å². The Labute approximate surface area is 153 Å². The highest BCUT2D eigenvalue weighted by molar-refractivity contribution is 6.09. The second-order valence-corrected chi connectivity index (χ2v) is 5.35. The molecule has 0 unspecified atom stereocenters. The molecule has 0 saturated heterocycles. The third kappa shape index (κ3) is 5.25. The minimum absolute atomic E-state index is 0.0702. The van der Waals surface area contributed by atoms with E-state index in [1.165, 1.54) is 32.4 Å². The fourth-order valence-corrected chi connectivity index (χ4v) is 2.20. The van der Waals surface area contributed by atoms with Gasteiger partial charge in [-0.3, -0.25) is 4.79 Å². The maximum Gasteiger partial charge on any atom is 0.416 e. The summed E-state index contributed by atoms with van der Waals surface area (Å²) in [4.78, 5) is 12.3. The molecule has 0 aromatic heterocycles. The van der Waals surface area contributed by atoms with Crippen molar-refractivity contribution in [2.24, 2.45) is 0 Å². The molecular weight excluding hydrogens is 361 g/mol. The van der Waals surface area contributed by atoms with Crippen LogP contribution < -0.4 is 14.8 Å². The van der Waals surface area contributed by atoms with E-state index in [9.17, 15) is 23.2 Å².